The van der Waals surface area contributed by atoms with E-state index in [9.17, 15) is 9.59 Å². The van der Waals surface area contributed by atoms with Gasteiger partial charge in [0, 0.05) is 28.5 Å². The molecule has 7 heteroatoms. The molecule has 0 saturated heterocycles. The number of esters is 1. The number of thioether (sulfide) groups is 1. The molecule has 1 saturated carbocycles. The maximum absolute atomic E-state index is 12.6. The molecule has 2 aromatic rings. The van der Waals surface area contributed by atoms with Crippen LogP contribution in [0.15, 0.2) is 28.7 Å². The summed E-state index contributed by atoms with van der Waals surface area (Å²) in [6, 6.07) is 9.50. The Kier molecular flexibility index (Phi) is 7.38. The number of fused-ring (bicyclic) bond motifs is 1. The lowest BCUT2D eigenvalue weighted by Gasteiger charge is -2.20. The first kappa shape index (κ1) is 20.3. The van der Waals surface area contributed by atoms with Crippen molar-refractivity contribution < 1.29 is 18.7 Å². The van der Waals surface area contributed by atoms with Crippen molar-refractivity contribution in [3.8, 4) is 6.07 Å². The Bertz CT molecular complexity index is 865. The second-order valence-electron chi connectivity index (χ2n) is 6.81. The summed E-state index contributed by atoms with van der Waals surface area (Å²) in [5.74, 6) is -0.210. The largest absolute Gasteiger partial charge is 0.450 e. The normalized spacial score (nSPS) is 14.5. The lowest BCUT2D eigenvalue weighted by molar-refractivity contribution is -0.124. The molecule has 1 heterocycles. The fraction of sp³-hybridized carbons (Fsp3) is 0.476. The summed E-state index contributed by atoms with van der Waals surface area (Å²) in [5.41, 5.74) is 1.48. The zero-order chi connectivity index (χ0) is 19.8. The fourth-order valence-electron chi connectivity index (χ4n) is 3.35. The van der Waals surface area contributed by atoms with Crippen LogP contribution < -0.4 is 5.32 Å². The van der Waals surface area contributed by atoms with E-state index >= 15 is 0 Å². The second kappa shape index (κ2) is 10.2. The van der Waals surface area contributed by atoms with E-state index in [1.54, 1.807) is 0 Å². The SMILES string of the molecule is N#CCCNC(=O)COC(=O)c1oc2ccccc2c1CSC1CCCCC1. The van der Waals surface area contributed by atoms with E-state index in [1.165, 1.54) is 32.1 Å². The highest BCUT2D eigenvalue weighted by Crippen LogP contribution is 2.35. The van der Waals surface area contributed by atoms with E-state index in [2.05, 4.69) is 5.32 Å². The van der Waals surface area contributed by atoms with Gasteiger partial charge in [-0.2, -0.15) is 17.0 Å². The molecule has 28 heavy (non-hydrogen) atoms. The molecule has 0 atom stereocenters. The van der Waals surface area contributed by atoms with E-state index < -0.39 is 18.5 Å². The predicted molar refractivity (Wildman–Crippen MR) is 108 cm³/mol. The summed E-state index contributed by atoms with van der Waals surface area (Å²) >= 11 is 1.86. The summed E-state index contributed by atoms with van der Waals surface area (Å²) in [6.45, 7) is -0.155. The van der Waals surface area contributed by atoms with Crippen molar-refractivity contribution in [3.63, 3.8) is 0 Å². The number of nitriles is 1. The van der Waals surface area contributed by atoms with E-state index in [-0.39, 0.29) is 18.7 Å². The topological polar surface area (TPSA) is 92.3 Å². The number of ether oxygens (including phenoxy) is 1. The molecular formula is C21H24N2O4S. The predicted octanol–water partition coefficient (Wildman–Crippen LogP) is 4.19. The van der Waals surface area contributed by atoms with Crippen molar-refractivity contribution in [2.45, 2.75) is 49.5 Å². The van der Waals surface area contributed by atoms with Crippen LogP contribution in [0.2, 0.25) is 0 Å². The molecule has 148 valence electrons. The molecule has 0 bridgehead atoms. The van der Waals surface area contributed by atoms with E-state index in [1.807, 2.05) is 42.1 Å². The number of nitrogens with zero attached hydrogens (tertiary/aromatic N) is 1. The van der Waals surface area contributed by atoms with E-state index in [0.717, 1.165) is 10.9 Å². The second-order valence-corrected chi connectivity index (χ2v) is 8.10. The van der Waals surface area contributed by atoms with Gasteiger partial charge in [0.1, 0.15) is 5.58 Å². The Morgan fingerprint density at radius 2 is 2.04 bits per heavy atom. The number of carbonyl (C=O) groups excluding carboxylic acids is 2. The molecule has 1 N–H and O–H groups in total. The zero-order valence-corrected chi connectivity index (χ0v) is 16.6. The Balaban J connectivity index is 1.67. The quantitative estimate of drug-likeness (QED) is 0.528. The van der Waals surface area contributed by atoms with Gasteiger partial charge >= 0.3 is 5.97 Å². The molecule has 1 aromatic carbocycles. The number of hydrogen-bond acceptors (Lipinski definition) is 6. The van der Waals surface area contributed by atoms with Gasteiger partial charge < -0.3 is 14.5 Å². The molecule has 1 amide bonds. The first-order valence-corrected chi connectivity index (χ1v) is 10.7. The van der Waals surface area contributed by atoms with Crippen LogP contribution in [0.25, 0.3) is 11.0 Å². The fourth-order valence-corrected chi connectivity index (χ4v) is 4.70. The van der Waals surface area contributed by atoms with E-state index in [0.29, 0.717) is 16.6 Å². The Morgan fingerprint density at radius 3 is 2.82 bits per heavy atom. The molecule has 0 radical (unpaired) electrons. The minimum absolute atomic E-state index is 0.175. The molecule has 3 rings (SSSR count). The maximum atomic E-state index is 12.6. The van der Waals surface area contributed by atoms with Gasteiger partial charge in [-0.15, -0.1) is 0 Å². The Morgan fingerprint density at radius 1 is 1.25 bits per heavy atom. The van der Waals surface area contributed by atoms with Gasteiger partial charge in [0.25, 0.3) is 5.91 Å². The van der Waals surface area contributed by atoms with Gasteiger partial charge in [-0.3, -0.25) is 4.79 Å². The number of para-hydroxylation sites is 1. The van der Waals surface area contributed by atoms with Gasteiger partial charge in [0.05, 0.1) is 12.5 Å². The lowest BCUT2D eigenvalue weighted by Crippen LogP contribution is -2.29. The first-order valence-electron chi connectivity index (χ1n) is 9.62. The minimum Gasteiger partial charge on any atom is -0.450 e. The molecule has 0 unspecified atom stereocenters. The van der Waals surface area contributed by atoms with Crippen molar-refractivity contribution in [3.05, 3.63) is 35.6 Å². The average Bonchev–Trinajstić information content (AvgIpc) is 3.10. The highest BCUT2D eigenvalue weighted by atomic mass is 32.2. The summed E-state index contributed by atoms with van der Waals surface area (Å²) in [5, 5.41) is 12.5. The summed E-state index contributed by atoms with van der Waals surface area (Å²) in [7, 11) is 0. The number of rotatable bonds is 8. The molecule has 1 aliphatic rings. The van der Waals surface area contributed by atoms with Crippen LogP contribution in [-0.4, -0.2) is 30.3 Å². The number of nitrogens with one attached hydrogen (secondary N) is 1. The van der Waals surface area contributed by atoms with E-state index in [4.69, 9.17) is 14.4 Å². The lowest BCUT2D eigenvalue weighted by atomic mass is 10.0. The van der Waals surface area contributed by atoms with Crippen LogP contribution in [-0.2, 0) is 15.3 Å². The van der Waals surface area contributed by atoms with Crippen LogP contribution in [0.5, 0.6) is 0 Å². The van der Waals surface area contributed by atoms with Crippen LogP contribution in [0.1, 0.15) is 54.6 Å². The molecule has 0 spiro atoms. The van der Waals surface area contributed by atoms with Gasteiger partial charge in [0.15, 0.2) is 6.61 Å². The van der Waals surface area contributed by atoms with Crippen molar-refractivity contribution in [1.82, 2.24) is 5.32 Å². The Hall–Kier alpha value is -2.46. The van der Waals surface area contributed by atoms with Crippen molar-refractivity contribution in [1.29, 1.82) is 5.26 Å². The highest BCUT2D eigenvalue weighted by Gasteiger charge is 2.24. The average molecular weight is 401 g/mol. The summed E-state index contributed by atoms with van der Waals surface area (Å²) in [4.78, 5) is 24.3. The zero-order valence-electron chi connectivity index (χ0n) is 15.7. The van der Waals surface area contributed by atoms with Gasteiger partial charge in [-0.05, 0) is 18.9 Å². The summed E-state index contributed by atoms with van der Waals surface area (Å²) in [6.07, 6.45) is 6.47. The molecule has 1 aromatic heterocycles. The minimum atomic E-state index is -0.633. The van der Waals surface area contributed by atoms with Crippen molar-refractivity contribution >= 4 is 34.6 Å². The van der Waals surface area contributed by atoms with Gasteiger partial charge in [0.2, 0.25) is 5.76 Å². The smallest absolute Gasteiger partial charge is 0.375 e. The van der Waals surface area contributed by atoms with Gasteiger partial charge in [-0.1, -0.05) is 37.5 Å². The van der Waals surface area contributed by atoms with Crippen molar-refractivity contribution in [2.24, 2.45) is 0 Å². The third kappa shape index (κ3) is 5.29. The monoisotopic (exact) mass is 400 g/mol. The molecular weight excluding hydrogens is 376 g/mol. The van der Waals surface area contributed by atoms with Crippen LogP contribution in [0.3, 0.4) is 0 Å². The van der Waals surface area contributed by atoms with Gasteiger partial charge in [-0.25, -0.2) is 4.79 Å². The molecule has 0 aliphatic heterocycles. The maximum Gasteiger partial charge on any atom is 0.375 e. The number of furan rings is 1. The molecule has 1 aliphatic carbocycles. The third-order valence-electron chi connectivity index (χ3n) is 4.79. The summed E-state index contributed by atoms with van der Waals surface area (Å²) < 4.78 is 10.9. The number of amides is 1. The van der Waals surface area contributed by atoms with Crippen LogP contribution >= 0.6 is 11.8 Å². The van der Waals surface area contributed by atoms with Crippen LogP contribution in [0, 0.1) is 11.3 Å². The van der Waals surface area contributed by atoms with Crippen molar-refractivity contribution in [2.75, 3.05) is 13.2 Å². The standard InChI is InChI=1S/C21H24N2O4S/c22-11-6-12-23-19(24)13-26-21(25)20-17(14-28-15-7-2-1-3-8-15)16-9-4-5-10-18(16)27-20/h4-5,9-10,15H,1-3,6-8,12-14H2,(H,23,24). The molecule has 6 nitrogen and oxygen atoms in total. The third-order valence-corrected chi connectivity index (χ3v) is 6.19. The number of carbonyl (C=O) groups is 2. The Labute approximate surface area is 168 Å². The number of hydrogen-bond donors (Lipinski definition) is 1. The number of benzene rings is 1. The highest BCUT2D eigenvalue weighted by molar-refractivity contribution is 7.99. The van der Waals surface area contributed by atoms with Crippen LogP contribution in [0.4, 0.5) is 0 Å². The first-order chi connectivity index (χ1) is 13.7. The molecule has 1 fully saturated rings.